The standard InChI is InChI=1S/C12H21N5O2/c1-12(2,3)14-5-4-11(19)16-9-6-15-17(7-9)8-10(13)18/h6-7,14H,4-5,8H2,1-3H3,(H2,13,18)(H,16,19). The Morgan fingerprint density at radius 2 is 2.11 bits per heavy atom. The van der Waals surface area contributed by atoms with Crippen molar-refractivity contribution in [2.75, 3.05) is 11.9 Å². The van der Waals surface area contributed by atoms with Gasteiger partial charge in [-0.2, -0.15) is 5.10 Å². The van der Waals surface area contributed by atoms with Gasteiger partial charge >= 0.3 is 0 Å². The van der Waals surface area contributed by atoms with Crippen LogP contribution in [-0.4, -0.2) is 33.7 Å². The zero-order valence-corrected chi connectivity index (χ0v) is 11.6. The predicted octanol–water partition coefficient (Wildman–Crippen LogP) is 0.0851. The maximum Gasteiger partial charge on any atom is 0.239 e. The molecule has 2 amide bonds. The number of amides is 2. The van der Waals surface area contributed by atoms with Crippen molar-refractivity contribution in [3.8, 4) is 0 Å². The topological polar surface area (TPSA) is 102 Å². The van der Waals surface area contributed by atoms with Gasteiger partial charge in [-0.3, -0.25) is 14.3 Å². The number of rotatable bonds is 6. The minimum absolute atomic E-state index is 0.00144. The third kappa shape index (κ3) is 6.56. The highest BCUT2D eigenvalue weighted by molar-refractivity contribution is 5.90. The number of carbonyl (C=O) groups is 2. The fourth-order valence-electron chi connectivity index (χ4n) is 1.45. The summed E-state index contributed by atoms with van der Waals surface area (Å²) in [6.07, 6.45) is 3.43. The molecular formula is C12H21N5O2. The maximum atomic E-state index is 11.6. The van der Waals surface area contributed by atoms with E-state index in [-0.39, 0.29) is 18.0 Å². The number of carbonyl (C=O) groups excluding carboxylic acids is 2. The summed E-state index contributed by atoms with van der Waals surface area (Å²) in [5.41, 5.74) is 5.60. The maximum absolute atomic E-state index is 11.6. The van der Waals surface area contributed by atoms with E-state index < -0.39 is 5.91 Å². The number of primary amides is 1. The van der Waals surface area contributed by atoms with Gasteiger partial charge in [0, 0.05) is 24.7 Å². The molecule has 1 rings (SSSR count). The molecule has 0 aliphatic carbocycles. The lowest BCUT2D eigenvalue weighted by Gasteiger charge is -2.20. The fourth-order valence-corrected chi connectivity index (χ4v) is 1.45. The van der Waals surface area contributed by atoms with E-state index in [2.05, 4.69) is 15.7 Å². The smallest absolute Gasteiger partial charge is 0.239 e. The summed E-state index contributed by atoms with van der Waals surface area (Å²) < 4.78 is 1.38. The molecule has 7 heteroatoms. The first-order valence-electron chi connectivity index (χ1n) is 6.12. The van der Waals surface area contributed by atoms with Gasteiger partial charge in [-0.15, -0.1) is 0 Å². The zero-order chi connectivity index (χ0) is 14.5. The normalized spacial score (nSPS) is 11.3. The van der Waals surface area contributed by atoms with Crippen LogP contribution >= 0.6 is 0 Å². The van der Waals surface area contributed by atoms with Crippen molar-refractivity contribution in [3.63, 3.8) is 0 Å². The Hall–Kier alpha value is -1.89. The summed E-state index contributed by atoms with van der Waals surface area (Å²) in [5, 5.41) is 9.85. The Labute approximate surface area is 112 Å². The van der Waals surface area contributed by atoms with Gasteiger partial charge in [0.05, 0.1) is 11.9 Å². The second-order valence-electron chi connectivity index (χ2n) is 5.37. The largest absolute Gasteiger partial charge is 0.368 e. The molecular weight excluding hydrogens is 246 g/mol. The molecule has 0 atom stereocenters. The number of nitrogens with zero attached hydrogens (tertiary/aromatic N) is 2. The lowest BCUT2D eigenvalue weighted by Crippen LogP contribution is -2.37. The highest BCUT2D eigenvalue weighted by Crippen LogP contribution is 2.05. The van der Waals surface area contributed by atoms with Crippen LogP contribution in [0.1, 0.15) is 27.2 Å². The molecule has 0 radical (unpaired) electrons. The van der Waals surface area contributed by atoms with Gasteiger partial charge in [0.2, 0.25) is 11.8 Å². The summed E-state index contributed by atoms with van der Waals surface area (Å²) in [7, 11) is 0. The molecule has 106 valence electrons. The Balaban J connectivity index is 2.36. The third-order valence-corrected chi connectivity index (χ3v) is 2.24. The first-order valence-corrected chi connectivity index (χ1v) is 6.12. The van der Waals surface area contributed by atoms with Crippen molar-refractivity contribution < 1.29 is 9.59 Å². The molecule has 7 nitrogen and oxygen atoms in total. The average Bonchev–Trinajstić information content (AvgIpc) is 2.62. The summed E-state index contributed by atoms with van der Waals surface area (Å²) in [5.74, 6) is -0.578. The van der Waals surface area contributed by atoms with Crippen LogP contribution in [0.3, 0.4) is 0 Å². The van der Waals surface area contributed by atoms with E-state index in [9.17, 15) is 9.59 Å². The average molecular weight is 267 g/mol. The molecule has 0 spiro atoms. The molecule has 0 aromatic carbocycles. The molecule has 0 unspecified atom stereocenters. The molecule has 0 aliphatic rings. The zero-order valence-electron chi connectivity index (χ0n) is 11.6. The van der Waals surface area contributed by atoms with E-state index in [0.717, 1.165) is 0 Å². The second-order valence-corrected chi connectivity index (χ2v) is 5.37. The number of nitrogens with one attached hydrogen (secondary N) is 2. The molecule has 0 aliphatic heterocycles. The van der Waals surface area contributed by atoms with Crippen LogP contribution in [0.5, 0.6) is 0 Å². The van der Waals surface area contributed by atoms with Gasteiger partial charge in [0.1, 0.15) is 6.54 Å². The van der Waals surface area contributed by atoms with Crippen LogP contribution in [0, 0.1) is 0 Å². The number of hydrogen-bond donors (Lipinski definition) is 3. The van der Waals surface area contributed by atoms with E-state index in [4.69, 9.17) is 5.73 Å². The SMILES string of the molecule is CC(C)(C)NCCC(=O)Nc1cnn(CC(N)=O)c1. The lowest BCUT2D eigenvalue weighted by atomic mass is 10.1. The lowest BCUT2D eigenvalue weighted by molar-refractivity contribution is -0.118. The van der Waals surface area contributed by atoms with E-state index in [1.54, 1.807) is 6.20 Å². The summed E-state index contributed by atoms with van der Waals surface area (Å²) >= 11 is 0. The van der Waals surface area contributed by atoms with Crippen LogP contribution in [0.2, 0.25) is 0 Å². The van der Waals surface area contributed by atoms with Crippen molar-refractivity contribution in [2.45, 2.75) is 39.3 Å². The van der Waals surface area contributed by atoms with Crippen LogP contribution in [-0.2, 0) is 16.1 Å². The Morgan fingerprint density at radius 1 is 1.42 bits per heavy atom. The summed E-state index contributed by atoms with van der Waals surface area (Å²) in [4.78, 5) is 22.4. The first-order chi connectivity index (χ1) is 8.76. The molecule has 0 bridgehead atoms. The van der Waals surface area contributed by atoms with Gasteiger partial charge in [-0.25, -0.2) is 0 Å². The summed E-state index contributed by atoms with van der Waals surface area (Å²) in [6.45, 7) is 6.72. The number of hydrogen-bond acceptors (Lipinski definition) is 4. The molecule has 1 aromatic heterocycles. The van der Waals surface area contributed by atoms with Crippen LogP contribution in [0.25, 0.3) is 0 Å². The fraction of sp³-hybridized carbons (Fsp3) is 0.583. The third-order valence-electron chi connectivity index (χ3n) is 2.24. The molecule has 4 N–H and O–H groups in total. The van der Waals surface area contributed by atoms with E-state index in [1.165, 1.54) is 10.9 Å². The number of anilines is 1. The van der Waals surface area contributed by atoms with Crippen LogP contribution < -0.4 is 16.4 Å². The van der Waals surface area contributed by atoms with Crippen LogP contribution in [0.4, 0.5) is 5.69 Å². The van der Waals surface area contributed by atoms with Gasteiger partial charge < -0.3 is 16.4 Å². The van der Waals surface area contributed by atoms with Crippen molar-refractivity contribution in [2.24, 2.45) is 5.73 Å². The van der Waals surface area contributed by atoms with Crippen molar-refractivity contribution >= 4 is 17.5 Å². The van der Waals surface area contributed by atoms with Crippen molar-refractivity contribution in [1.82, 2.24) is 15.1 Å². The quantitative estimate of drug-likeness (QED) is 0.679. The van der Waals surface area contributed by atoms with Crippen molar-refractivity contribution in [3.05, 3.63) is 12.4 Å². The molecule has 0 fully saturated rings. The number of nitrogens with two attached hydrogens (primary N) is 1. The van der Waals surface area contributed by atoms with Gasteiger partial charge in [-0.1, -0.05) is 0 Å². The highest BCUT2D eigenvalue weighted by atomic mass is 16.2. The molecule has 0 saturated carbocycles. The monoisotopic (exact) mass is 267 g/mol. The Morgan fingerprint density at radius 3 is 2.68 bits per heavy atom. The highest BCUT2D eigenvalue weighted by Gasteiger charge is 2.10. The van der Waals surface area contributed by atoms with E-state index >= 15 is 0 Å². The molecule has 1 aromatic rings. The summed E-state index contributed by atoms with van der Waals surface area (Å²) in [6, 6.07) is 0. The Kier molecular flexibility index (Phi) is 5.05. The molecule has 19 heavy (non-hydrogen) atoms. The minimum atomic E-state index is -0.477. The van der Waals surface area contributed by atoms with Gasteiger partial charge in [0.15, 0.2) is 0 Å². The van der Waals surface area contributed by atoms with Gasteiger partial charge in [-0.05, 0) is 20.8 Å². The van der Waals surface area contributed by atoms with E-state index in [1.807, 2.05) is 20.8 Å². The molecule has 0 saturated heterocycles. The van der Waals surface area contributed by atoms with E-state index in [0.29, 0.717) is 18.7 Å². The minimum Gasteiger partial charge on any atom is -0.368 e. The first kappa shape index (κ1) is 15.2. The van der Waals surface area contributed by atoms with Gasteiger partial charge in [0.25, 0.3) is 0 Å². The second kappa shape index (κ2) is 6.33. The van der Waals surface area contributed by atoms with Crippen molar-refractivity contribution in [1.29, 1.82) is 0 Å². The number of aromatic nitrogens is 2. The Bertz CT molecular complexity index is 447. The predicted molar refractivity (Wildman–Crippen MR) is 72.4 cm³/mol. The molecule has 1 heterocycles. The van der Waals surface area contributed by atoms with Crippen LogP contribution in [0.15, 0.2) is 12.4 Å².